The van der Waals surface area contributed by atoms with E-state index in [9.17, 15) is 19.5 Å². The Balaban J connectivity index is 2.53. The second-order valence-corrected chi connectivity index (χ2v) is 5.75. The molecule has 1 atom stereocenters. The monoisotopic (exact) mass is 377 g/mol. The van der Waals surface area contributed by atoms with Crippen LogP contribution in [0.15, 0.2) is 33.5 Å². The summed E-state index contributed by atoms with van der Waals surface area (Å²) < 4.78 is 15.8. The zero-order chi connectivity index (χ0) is 20.1. The van der Waals surface area contributed by atoms with Crippen LogP contribution in [0.5, 0.6) is 17.2 Å². The summed E-state index contributed by atoms with van der Waals surface area (Å²) >= 11 is 0. The number of rotatable bonds is 8. The van der Waals surface area contributed by atoms with Crippen LogP contribution in [0, 0.1) is 6.92 Å². The van der Waals surface area contributed by atoms with Gasteiger partial charge in [-0.15, -0.1) is 0 Å². The lowest BCUT2D eigenvalue weighted by atomic mass is 9.91. The van der Waals surface area contributed by atoms with Gasteiger partial charge in [0.1, 0.15) is 5.76 Å². The van der Waals surface area contributed by atoms with Gasteiger partial charge in [-0.25, -0.2) is 4.79 Å². The number of carboxylic acids is 1. The lowest BCUT2D eigenvalue weighted by molar-refractivity contribution is -0.139. The molecule has 2 aromatic rings. The molecule has 0 aliphatic heterocycles. The molecule has 1 aromatic carbocycles. The molecule has 1 amide bonds. The molecule has 1 heterocycles. The predicted molar refractivity (Wildman–Crippen MR) is 93.2 cm³/mol. The van der Waals surface area contributed by atoms with Crippen molar-refractivity contribution < 1.29 is 33.7 Å². The van der Waals surface area contributed by atoms with Crippen molar-refractivity contribution in [3.8, 4) is 17.2 Å². The molecule has 4 N–H and O–H groups in total. The second kappa shape index (κ2) is 8.26. The highest BCUT2D eigenvalue weighted by atomic mass is 16.5. The molecular weight excluding hydrogens is 358 g/mol. The highest BCUT2D eigenvalue weighted by Crippen LogP contribution is 2.37. The Hall–Kier alpha value is -3.49. The largest absolute Gasteiger partial charge is 0.502 e. The molecule has 27 heavy (non-hydrogen) atoms. The third kappa shape index (κ3) is 4.78. The van der Waals surface area contributed by atoms with Gasteiger partial charge >= 0.3 is 5.97 Å². The van der Waals surface area contributed by atoms with E-state index in [2.05, 4.69) is 0 Å². The number of ether oxygens (including phenoxy) is 2. The number of carbonyl (C=O) groups excluding carboxylic acids is 1. The Morgan fingerprint density at radius 3 is 2.56 bits per heavy atom. The van der Waals surface area contributed by atoms with Gasteiger partial charge in [-0.2, -0.15) is 0 Å². The van der Waals surface area contributed by atoms with E-state index in [1.807, 2.05) is 0 Å². The minimum absolute atomic E-state index is 0.0972. The SMILES string of the molecule is COc1cc(C(CC(N)=O)c2oc(C)cc(=O)c2O)ccc1OCC(=O)O. The van der Waals surface area contributed by atoms with Crippen molar-refractivity contribution in [1.29, 1.82) is 0 Å². The third-order valence-corrected chi connectivity index (χ3v) is 3.74. The summed E-state index contributed by atoms with van der Waals surface area (Å²) in [5.41, 5.74) is 5.13. The maximum atomic E-state index is 11.9. The van der Waals surface area contributed by atoms with E-state index in [0.717, 1.165) is 6.07 Å². The predicted octanol–water partition coefficient (Wildman–Crippen LogP) is 1.13. The molecular formula is C18H19NO8. The second-order valence-electron chi connectivity index (χ2n) is 5.75. The van der Waals surface area contributed by atoms with Crippen LogP contribution in [0.4, 0.5) is 0 Å². The smallest absolute Gasteiger partial charge is 0.341 e. The number of carboxylic acid groups (broad SMARTS) is 1. The van der Waals surface area contributed by atoms with E-state index in [-0.39, 0.29) is 29.4 Å². The Labute approximate surface area is 153 Å². The molecule has 0 saturated heterocycles. The summed E-state index contributed by atoms with van der Waals surface area (Å²) in [6.07, 6.45) is -0.238. The first-order valence-electron chi connectivity index (χ1n) is 7.87. The van der Waals surface area contributed by atoms with Gasteiger partial charge in [0.15, 0.2) is 23.9 Å². The van der Waals surface area contributed by atoms with Gasteiger partial charge in [0, 0.05) is 12.5 Å². The average Bonchev–Trinajstić information content (AvgIpc) is 2.60. The van der Waals surface area contributed by atoms with E-state index >= 15 is 0 Å². The summed E-state index contributed by atoms with van der Waals surface area (Å²) in [6.45, 7) is 0.975. The van der Waals surface area contributed by atoms with Crippen LogP contribution in [0.2, 0.25) is 0 Å². The van der Waals surface area contributed by atoms with Crippen LogP contribution in [0.1, 0.15) is 29.4 Å². The van der Waals surface area contributed by atoms with Crippen LogP contribution in [0.25, 0.3) is 0 Å². The molecule has 9 nitrogen and oxygen atoms in total. The van der Waals surface area contributed by atoms with E-state index < -0.39 is 35.6 Å². The van der Waals surface area contributed by atoms with Crippen LogP contribution in [0.3, 0.4) is 0 Å². The van der Waals surface area contributed by atoms with Gasteiger partial charge in [-0.05, 0) is 24.6 Å². The minimum atomic E-state index is -1.15. The van der Waals surface area contributed by atoms with Crippen LogP contribution in [-0.4, -0.2) is 35.8 Å². The molecule has 9 heteroatoms. The molecule has 0 spiro atoms. The summed E-state index contributed by atoms with van der Waals surface area (Å²) in [4.78, 5) is 34.1. The normalized spacial score (nSPS) is 11.6. The first-order chi connectivity index (χ1) is 12.7. The lowest BCUT2D eigenvalue weighted by Crippen LogP contribution is -2.18. The summed E-state index contributed by atoms with van der Waals surface area (Å²) in [5, 5.41) is 18.8. The van der Waals surface area contributed by atoms with Gasteiger partial charge < -0.3 is 29.8 Å². The molecule has 0 bridgehead atoms. The van der Waals surface area contributed by atoms with Gasteiger partial charge in [-0.1, -0.05) is 6.07 Å². The van der Waals surface area contributed by atoms with Crippen molar-refractivity contribution in [2.45, 2.75) is 19.3 Å². The highest BCUT2D eigenvalue weighted by Gasteiger charge is 2.26. The van der Waals surface area contributed by atoms with Crippen molar-refractivity contribution in [3.05, 3.63) is 51.6 Å². The number of primary amides is 1. The highest BCUT2D eigenvalue weighted by molar-refractivity contribution is 5.75. The van der Waals surface area contributed by atoms with Gasteiger partial charge in [0.25, 0.3) is 0 Å². The van der Waals surface area contributed by atoms with E-state index in [4.69, 9.17) is 24.7 Å². The molecule has 0 radical (unpaired) electrons. The number of nitrogens with two attached hydrogens (primary N) is 1. The Kier molecular flexibility index (Phi) is 6.07. The van der Waals surface area contributed by atoms with Crippen molar-refractivity contribution in [2.75, 3.05) is 13.7 Å². The first kappa shape index (κ1) is 19.8. The van der Waals surface area contributed by atoms with Crippen LogP contribution < -0.4 is 20.6 Å². The molecule has 0 saturated carbocycles. The first-order valence-corrected chi connectivity index (χ1v) is 7.87. The van der Waals surface area contributed by atoms with Crippen molar-refractivity contribution in [1.82, 2.24) is 0 Å². The maximum absolute atomic E-state index is 11.9. The number of benzene rings is 1. The molecule has 2 rings (SSSR count). The summed E-state index contributed by atoms with van der Waals surface area (Å²) in [6, 6.07) is 5.61. The summed E-state index contributed by atoms with van der Waals surface area (Å²) in [5.74, 6) is -2.74. The number of hydrogen-bond acceptors (Lipinski definition) is 7. The Morgan fingerprint density at radius 1 is 1.26 bits per heavy atom. The van der Waals surface area contributed by atoms with Gasteiger partial charge in [-0.3, -0.25) is 9.59 Å². The molecule has 0 fully saturated rings. The van der Waals surface area contributed by atoms with E-state index in [1.54, 1.807) is 0 Å². The van der Waals surface area contributed by atoms with Gasteiger partial charge in [0.2, 0.25) is 17.1 Å². The third-order valence-electron chi connectivity index (χ3n) is 3.74. The molecule has 0 aliphatic rings. The van der Waals surface area contributed by atoms with E-state index in [0.29, 0.717) is 5.56 Å². The van der Waals surface area contributed by atoms with E-state index in [1.165, 1.54) is 32.2 Å². The fourth-order valence-electron chi connectivity index (χ4n) is 2.58. The number of aryl methyl sites for hydroxylation is 1. The van der Waals surface area contributed by atoms with Crippen molar-refractivity contribution in [3.63, 3.8) is 0 Å². The Bertz CT molecular complexity index is 918. The minimum Gasteiger partial charge on any atom is -0.502 e. The zero-order valence-electron chi connectivity index (χ0n) is 14.7. The number of carbonyl (C=O) groups is 2. The average molecular weight is 377 g/mol. The fraction of sp³-hybridized carbons (Fsp3) is 0.278. The van der Waals surface area contributed by atoms with Crippen molar-refractivity contribution in [2.24, 2.45) is 5.73 Å². The van der Waals surface area contributed by atoms with Crippen LogP contribution >= 0.6 is 0 Å². The lowest BCUT2D eigenvalue weighted by Gasteiger charge is -2.18. The molecule has 144 valence electrons. The number of amides is 1. The molecule has 0 aliphatic carbocycles. The zero-order valence-corrected chi connectivity index (χ0v) is 14.7. The number of aromatic hydroxyl groups is 1. The molecule has 1 aromatic heterocycles. The van der Waals surface area contributed by atoms with Crippen LogP contribution in [-0.2, 0) is 9.59 Å². The quantitative estimate of drug-likeness (QED) is 0.620. The fourth-order valence-corrected chi connectivity index (χ4v) is 2.58. The molecule has 1 unspecified atom stereocenters. The maximum Gasteiger partial charge on any atom is 0.341 e. The number of methoxy groups -OCH3 is 1. The van der Waals surface area contributed by atoms with Crippen molar-refractivity contribution >= 4 is 11.9 Å². The Morgan fingerprint density at radius 2 is 1.96 bits per heavy atom. The topological polar surface area (TPSA) is 149 Å². The standard InChI is InChI=1S/C18H19NO8/c1-9-5-12(20)17(24)18(27-9)11(7-15(19)21)10-3-4-13(14(6-10)25-2)26-8-16(22)23/h3-6,11,24H,7-8H2,1-2H3,(H2,19,21)(H,22,23). The van der Waals surface area contributed by atoms with Gasteiger partial charge in [0.05, 0.1) is 13.0 Å². The number of hydrogen-bond donors (Lipinski definition) is 3. The summed E-state index contributed by atoms with van der Waals surface area (Å²) in [7, 11) is 1.36. The number of aliphatic carboxylic acids is 1.